The lowest BCUT2D eigenvalue weighted by molar-refractivity contribution is -0.163. The monoisotopic (exact) mass is 340 g/mol. The van der Waals surface area contributed by atoms with Gasteiger partial charge in [-0.1, -0.05) is 51.1 Å². The lowest BCUT2D eigenvalue weighted by Gasteiger charge is -2.38. The van der Waals surface area contributed by atoms with Gasteiger partial charge in [0.15, 0.2) is 0 Å². The largest absolute Gasteiger partial charge is 0.461 e. The van der Waals surface area contributed by atoms with Crippen LogP contribution in [0.15, 0.2) is 30.3 Å². The number of fused-ring (bicyclic) bond motifs is 2. The van der Waals surface area contributed by atoms with Crippen molar-refractivity contribution in [1.29, 1.82) is 0 Å². The zero-order valence-corrected chi connectivity index (χ0v) is 15.5. The molecule has 3 saturated carbocycles. The van der Waals surface area contributed by atoms with Gasteiger partial charge in [0.05, 0.1) is 0 Å². The lowest BCUT2D eigenvalue weighted by Crippen LogP contribution is -2.40. The second-order valence-corrected chi connectivity index (χ2v) is 9.04. The van der Waals surface area contributed by atoms with Gasteiger partial charge in [-0.2, -0.15) is 0 Å². The van der Waals surface area contributed by atoms with Gasteiger partial charge in [-0.15, -0.1) is 0 Å². The maximum absolute atomic E-state index is 13.0. The molecule has 3 nitrogen and oxygen atoms in total. The molecule has 0 N–H and O–H groups in total. The molecule has 3 fully saturated rings. The fourth-order valence-corrected chi connectivity index (χ4v) is 5.72. The molecule has 5 atom stereocenters. The van der Waals surface area contributed by atoms with Crippen molar-refractivity contribution in [2.45, 2.75) is 64.9 Å². The molecular weight excluding hydrogens is 312 g/mol. The van der Waals surface area contributed by atoms with Gasteiger partial charge >= 0.3 is 5.97 Å². The molecule has 0 saturated heterocycles. The van der Waals surface area contributed by atoms with E-state index in [4.69, 9.17) is 4.74 Å². The van der Waals surface area contributed by atoms with E-state index in [9.17, 15) is 9.59 Å². The average Bonchev–Trinajstić information content (AvgIpc) is 3.14. The number of benzene rings is 1. The Kier molecular flexibility index (Phi) is 3.82. The number of carbonyl (C=O) groups excluding carboxylic acids is 2. The Bertz CT molecular complexity index is 692. The van der Waals surface area contributed by atoms with E-state index in [2.05, 4.69) is 20.8 Å². The van der Waals surface area contributed by atoms with E-state index in [0.717, 1.165) is 24.8 Å². The van der Waals surface area contributed by atoms with Gasteiger partial charge in [0, 0.05) is 17.8 Å². The zero-order chi connectivity index (χ0) is 17.8. The molecule has 0 amide bonds. The Labute approximate surface area is 150 Å². The molecule has 4 rings (SSSR count). The van der Waals surface area contributed by atoms with Crippen LogP contribution in [0, 0.1) is 22.7 Å². The molecule has 0 spiro atoms. The van der Waals surface area contributed by atoms with E-state index in [1.54, 1.807) is 0 Å². The second-order valence-electron chi connectivity index (χ2n) is 9.04. The summed E-state index contributed by atoms with van der Waals surface area (Å²) in [7, 11) is 0. The van der Waals surface area contributed by atoms with Gasteiger partial charge in [-0.3, -0.25) is 9.59 Å². The van der Waals surface area contributed by atoms with Gasteiger partial charge in [-0.05, 0) is 42.6 Å². The number of rotatable bonds is 3. The highest BCUT2D eigenvalue weighted by Gasteiger charge is 2.63. The van der Waals surface area contributed by atoms with Crippen LogP contribution in [0.3, 0.4) is 0 Å². The third kappa shape index (κ3) is 2.38. The Hall–Kier alpha value is -1.64. The number of ketones is 1. The van der Waals surface area contributed by atoms with Crippen LogP contribution < -0.4 is 0 Å². The van der Waals surface area contributed by atoms with Crippen molar-refractivity contribution in [3.63, 3.8) is 0 Å². The quantitative estimate of drug-likeness (QED) is 0.601. The summed E-state index contributed by atoms with van der Waals surface area (Å²) < 4.78 is 6.03. The smallest absolute Gasteiger partial charge is 0.317 e. The van der Waals surface area contributed by atoms with Crippen molar-refractivity contribution >= 4 is 11.8 Å². The summed E-state index contributed by atoms with van der Waals surface area (Å²) in [5.41, 5.74) is 1.32. The number of Topliss-reactive ketones (excluding diaryl/α,β-unsaturated/α-hetero) is 1. The molecule has 3 aliphatic rings. The highest BCUT2D eigenvalue weighted by atomic mass is 16.5. The third-order valence-electron chi connectivity index (χ3n) is 7.91. The molecule has 1 aromatic carbocycles. The van der Waals surface area contributed by atoms with Gasteiger partial charge < -0.3 is 4.74 Å². The summed E-state index contributed by atoms with van der Waals surface area (Å²) in [6.45, 7) is 6.89. The molecule has 3 aliphatic carbocycles. The van der Waals surface area contributed by atoms with Crippen LogP contribution in [-0.4, -0.2) is 17.9 Å². The highest BCUT2D eigenvalue weighted by molar-refractivity contribution is 6.01. The van der Waals surface area contributed by atoms with E-state index in [1.807, 2.05) is 30.3 Å². The second kappa shape index (κ2) is 5.69. The molecule has 1 unspecified atom stereocenters. The number of ether oxygens (including phenoxy) is 1. The van der Waals surface area contributed by atoms with E-state index in [1.165, 1.54) is 6.42 Å². The summed E-state index contributed by atoms with van der Waals surface area (Å²) in [5, 5.41) is 0. The van der Waals surface area contributed by atoms with E-state index in [0.29, 0.717) is 12.3 Å². The van der Waals surface area contributed by atoms with Crippen LogP contribution >= 0.6 is 0 Å². The number of hydrogen-bond donors (Lipinski definition) is 0. The number of hydrogen-bond acceptors (Lipinski definition) is 3. The molecule has 3 heteroatoms. The summed E-state index contributed by atoms with van der Waals surface area (Å²) in [4.78, 5) is 25.4. The molecule has 0 aliphatic heterocycles. The molecule has 2 bridgehead atoms. The fourth-order valence-electron chi connectivity index (χ4n) is 5.72. The van der Waals surface area contributed by atoms with Crippen molar-refractivity contribution < 1.29 is 14.3 Å². The summed E-state index contributed by atoms with van der Waals surface area (Å²) >= 11 is 0. The Morgan fingerprint density at radius 1 is 1.12 bits per heavy atom. The van der Waals surface area contributed by atoms with Crippen LogP contribution in [-0.2, 0) is 14.3 Å². The molecule has 1 aromatic rings. The fraction of sp³-hybridized carbons (Fsp3) is 0.636. The van der Waals surface area contributed by atoms with Gasteiger partial charge in [0.2, 0.25) is 0 Å². The Balaban J connectivity index is 1.54. The molecule has 0 heterocycles. The molecular formula is C22H28O3. The minimum atomic E-state index is -0.617. The van der Waals surface area contributed by atoms with Crippen molar-refractivity contribution in [2.24, 2.45) is 22.7 Å². The topological polar surface area (TPSA) is 43.4 Å². The minimum Gasteiger partial charge on any atom is -0.461 e. The Morgan fingerprint density at radius 2 is 1.84 bits per heavy atom. The standard InChI is InChI=1S/C22H28O3/c1-21(2)15-11-12-22(21,3)18(13-15)25-20(24)19-16(9-10-17(19)23)14-7-5-4-6-8-14/h4-8,15-16,18-19H,9-13H2,1-3H3/t15-,16-,18-,19?,22+/m1/s1. The molecule has 134 valence electrons. The van der Waals surface area contributed by atoms with E-state index in [-0.39, 0.29) is 34.6 Å². The average molecular weight is 340 g/mol. The maximum atomic E-state index is 13.0. The predicted octanol–water partition coefficient (Wildman–Crippen LogP) is 4.51. The van der Waals surface area contributed by atoms with Crippen LogP contribution in [0.2, 0.25) is 0 Å². The first kappa shape index (κ1) is 16.8. The highest BCUT2D eigenvalue weighted by Crippen LogP contribution is 2.66. The molecule has 0 aromatic heterocycles. The van der Waals surface area contributed by atoms with Gasteiger partial charge in [0.1, 0.15) is 17.8 Å². The zero-order valence-electron chi connectivity index (χ0n) is 15.5. The van der Waals surface area contributed by atoms with Crippen LogP contribution in [0.25, 0.3) is 0 Å². The summed E-state index contributed by atoms with van der Waals surface area (Å²) in [6, 6.07) is 9.95. The van der Waals surface area contributed by atoms with E-state index >= 15 is 0 Å². The first-order valence-corrected chi connectivity index (χ1v) is 9.63. The van der Waals surface area contributed by atoms with Crippen molar-refractivity contribution in [2.75, 3.05) is 0 Å². The molecule has 0 radical (unpaired) electrons. The Morgan fingerprint density at radius 3 is 2.44 bits per heavy atom. The number of esters is 1. The number of carbonyl (C=O) groups is 2. The van der Waals surface area contributed by atoms with Crippen LogP contribution in [0.1, 0.15) is 64.4 Å². The SMILES string of the molecule is CC1(C)[C@@H]2CC[C@@]1(C)[C@H](OC(=O)C1C(=O)CC[C@@H]1c1ccccc1)C2. The van der Waals surface area contributed by atoms with Crippen molar-refractivity contribution in [3.05, 3.63) is 35.9 Å². The van der Waals surface area contributed by atoms with Gasteiger partial charge in [-0.25, -0.2) is 0 Å². The minimum absolute atomic E-state index is 0.0272. The van der Waals surface area contributed by atoms with Crippen LogP contribution in [0.5, 0.6) is 0 Å². The van der Waals surface area contributed by atoms with Crippen molar-refractivity contribution in [1.82, 2.24) is 0 Å². The van der Waals surface area contributed by atoms with Crippen LogP contribution in [0.4, 0.5) is 0 Å². The summed E-state index contributed by atoms with van der Waals surface area (Å²) in [5.74, 6) is -0.259. The lowest BCUT2D eigenvalue weighted by atomic mass is 9.70. The molecule has 25 heavy (non-hydrogen) atoms. The van der Waals surface area contributed by atoms with Crippen molar-refractivity contribution in [3.8, 4) is 0 Å². The first-order chi connectivity index (χ1) is 11.8. The first-order valence-electron chi connectivity index (χ1n) is 9.63. The normalized spacial score (nSPS) is 38.9. The summed E-state index contributed by atoms with van der Waals surface area (Å²) in [6.07, 6.45) is 4.48. The predicted molar refractivity (Wildman–Crippen MR) is 96.0 cm³/mol. The third-order valence-corrected chi connectivity index (χ3v) is 7.91. The maximum Gasteiger partial charge on any atom is 0.317 e. The van der Waals surface area contributed by atoms with Gasteiger partial charge in [0.25, 0.3) is 0 Å². The van der Waals surface area contributed by atoms with E-state index < -0.39 is 5.92 Å².